The van der Waals surface area contributed by atoms with Gasteiger partial charge in [0.1, 0.15) is 5.75 Å². The highest BCUT2D eigenvalue weighted by atomic mass is 127. The van der Waals surface area contributed by atoms with E-state index in [0.717, 1.165) is 15.7 Å². The Morgan fingerprint density at radius 1 is 1.08 bits per heavy atom. The molecule has 1 aliphatic rings. The van der Waals surface area contributed by atoms with Crippen LogP contribution >= 0.6 is 22.6 Å². The van der Waals surface area contributed by atoms with Crippen LogP contribution in [-0.4, -0.2) is 30.5 Å². The minimum atomic E-state index is -0.108. The zero-order valence-corrected chi connectivity index (χ0v) is 16.4. The lowest BCUT2D eigenvalue weighted by molar-refractivity contribution is -0.123. The number of likely N-dealkylation sites (tertiary alicyclic amines) is 1. The molecule has 1 heterocycles. The molecule has 4 nitrogen and oxygen atoms in total. The maximum atomic E-state index is 12.0. The zero-order valence-electron chi connectivity index (χ0n) is 14.2. The predicted octanol–water partition coefficient (Wildman–Crippen LogP) is 3.58. The molecule has 2 aromatic rings. The van der Waals surface area contributed by atoms with Crippen molar-refractivity contribution in [1.82, 2.24) is 10.2 Å². The Balaban J connectivity index is 1.44. The highest BCUT2D eigenvalue weighted by Gasteiger charge is 2.11. The number of nitrogens with one attached hydrogen (secondary N) is 1. The van der Waals surface area contributed by atoms with Gasteiger partial charge >= 0.3 is 0 Å². The Bertz CT molecular complexity index is 697. The van der Waals surface area contributed by atoms with E-state index < -0.39 is 0 Å². The fourth-order valence-electron chi connectivity index (χ4n) is 2.97. The van der Waals surface area contributed by atoms with E-state index in [1.165, 1.54) is 31.5 Å². The summed E-state index contributed by atoms with van der Waals surface area (Å²) in [6.45, 7) is 3.95. The molecule has 2 aromatic carbocycles. The summed E-state index contributed by atoms with van der Waals surface area (Å²) in [5, 5.41) is 2.92. The third-order valence-electron chi connectivity index (χ3n) is 4.27. The van der Waals surface area contributed by atoms with Crippen LogP contribution in [0.1, 0.15) is 24.0 Å². The van der Waals surface area contributed by atoms with Gasteiger partial charge in [0.05, 0.1) is 0 Å². The van der Waals surface area contributed by atoms with E-state index in [4.69, 9.17) is 4.74 Å². The van der Waals surface area contributed by atoms with Gasteiger partial charge in [-0.3, -0.25) is 9.69 Å². The van der Waals surface area contributed by atoms with Gasteiger partial charge in [-0.15, -0.1) is 0 Å². The second kappa shape index (κ2) is 9.20. The molecule has 0 spiro atoms. The number of ether oxygens (including phenoxy) is 1. The summed E-state index contributed by atoms with van der Waals surface area (Å²) in [7, 11) is 0. The van der Waals surface area contributed by atoms with Crippen LogP contribution in [0, 0.1) is 3.57 Å². The largest absolute Gasteiger partial charge is 0.484 e. The van der Waals surface area contributed by atoms with Gasteiger partial charge in [0.15, 0.2) is 6.61 Å². The van der Waals surface area contributed by atoms with Gasteiger partial charge < -0.3 is 10.1 Å². The summed E-state index contributed by atoms with van der Waals surface area (Å²) < 4.78 is 6.64. The van der Waals surface area contributed by atoms with Gasteiger partial charge in [-0.1, -0.05) is 24.3 Å². The van der Waals surface area contributed by atoms with E-state index in [1.54, 1.807) is 0 Å². The number of amides is 1. The SMILES string of the molecule is O=C(COc1ccc(I)cc1)NCc1cccc(CN2CCCC2)c1. The molecular weight excluding hydrogens is 427 g/mol. The standard InChI is InChI=1S/C20H23IN2O2/c21-18-6-8-19(9-7-18)25-15-20(24)22-13-16-4-3-5-17(12-16)14-23-10-1-2-11-23/h3-9,12H,1-2,10-11,13-15H2,(H,22,24). The van der Waals surface area contributed by atoms with E-state index in [0.29, 0.717) is 12.3 Å². The van der Waals surface area contributed by atoms with Crippen LogP contribution in [0.4, 0.5) is 0 Å². The van der Waals surface area contributed by atoms with Crippen LogP contribution in [-0.2, 0) is 17.9 Å². The molecule has 1 amide bonds. The molecule has 1 fully saturated rings. The zero-order chi connectivity index (χ0) is 17.5. The second-order valence-corrected chi connectivity index (χ2v) is 7.57. The minimum Gasteiger partial charge on any atom is -0.484 e. The van der Waals surface area contributed by atoms with Crippen molar-refractivity contribution in [2.45, 2.75) is 25.9 Å². The average molecular weight is 450 g/mol. The topological polar surface area (TPSA) is 41.6 Å². The van der Waals surface area contributed by atoms with Crippen molar-refractivity contribution < 1.29 is 9.53 Å². The number of rotatable bonds is 7. The molecule has 0 aliphatic carbocycles. The van der Waals surface area contributed by atoms with Crippen molar-refractivity contribution in [2.75, 3.05) is 19.7 Å². The second-order valence-electron chi connectivity index (χ2n) is 6.32. The summed E-state index contributed by atoms with van der Waals surface area (Å²) in [4.78, 5) is 14.5. The summed E-state index contributed by atoms with van der Waals surface area (Å²) >= 11 is 2.24. The fraction of sp³-hybridized carbons (Fsp3) is 0.350. The molecule has 1 aliphatic heterocycles. The van der Waals surface area contributed by atoms with Crippen LogP contribution in [0.2, 0.25) is 0 Å². The molecule has 0 radical (unpaired) electrons. The molecule has 0 aromatic heterocycles. The Hall–Kier alpha value is -1.60. The van der Waals surface area contributed by atoms with Crippen molar-refractivity contribution in [2.24, 2.45) is 0 Å². The van der Waals surface area contributed by atoms with E-state index in [2.05, 4.69) is 51.0 Å². The van der Waals surface area contributed by atoms with Gasteiger partial charge in [0, 0.05) is 16.7 Å². The van der Waals surface area contributed by atoms with Gasteiger partial charge in [-0.25, -0.2) is 0 Å². The van der Waals surface area contributed by atoms with Crippen LogP contribution in [0.15, 0.2) is 48.5 Å². The molecule has 0 saturated carbocycles. The number of benzene rings is 2. The molecule has 5 heteroatoms. The van der Waals surface area contributed by atoms with E-state index in [-0.39, 0.29) is 12.5 Å². The first kappa shape index (κ1) is 18.2. The minimum absolute atomic E-state index is 0.0358. The maximum absolute atomic E-state index is 12.0. The van der Waals surface area contributed by atoms with Crippen molar-refractivity contribution >= 4 is 28.5 Å². The van der Waals surface area contributed by atoms with Crippen LogP contribution < -0.4 is 10.1 Å². The lowest BCUT2D eigenvalue weighted by Crippen LogP contribution is -2.28. The lowest BCUT2D eigenvalue weighted by Gasteiger charge is -2.15. The smallest absolute Gasteiger partial charge is 0.258 e. The number of carbonyl (C=O) groups is 1. The third kappa shape index (κ3) is 6.01. The molecule has 25 heavy (non-hydrogen) atoms. The number of hydrogen-bond donors (Lipinski definition) is 1. The lowest BCUT2D eigenvalue weighted by atomic mass is 10.1. The van der Waals surface area contributed by atoms with E-state index in [1.807, 2.05) is 30.3 Å². The van der Waals surface area contributed by atoms with Gasteiger partial charge in [0.2, 0.25) is 0 Å². The summed E-state index contributed by atoms with van der Waals surface area (Å²) in [6, 6.07) is 16.1. The highest BCUT2D eigenvalue weighted by molar-refractivity contribution is 14.1. The summed E-state index contributed by atoms with van der Waals surface area (Å²) in [5.74, 6) is 0.603. The Kier molecular flexibility index (Phi) is 6.69. The first-order valence-corrected chi connectivity index (χ1v) is 9.72. The molecule has 0 atom stereocenters. The Labute approximate surface area is 162 Å². The number of nitrogens with zero attached hydrogens (tertiary/aromatic N) is 1. The average Bonchev–Trinajstić information content (AvgIpc) is 3.13. The van der Waals surface area contributed by atoms with Crippen molar-refractivity contribution in [1.29, 1.82) is 0 Å². The molecule has 132 valence electrons. The molecule has 1 saturated heterocycles. The summed E-state index contributed by atoms with van der Waals surface area (Å²) in [6.07, 6.45) is 2.60. The maximum Gasteiger partial charge on any atom is 0.258 e. The van der Waals surface area contributed by atoms with E-state index >= 15 is 0 Å². The normalized spacial score (nSPS) is 14.4. The van der Waals surface area contributed by atoms with Crippen molar-refractivity contribution in [3.63, 3.8) is 0 Å². The van der Waals surface area contributed by atoms with Crippen molar-refractivity contribution in [3.8, 4) is 5.75 Å². The molecule has 3 rings (SSSR count). The van der Waals surface area contributed by atoms with Gasteiger partial charge in [0.25, 0.3) is 5.91 Å². The molecule has 1 N–H and O–H groups in total. The predicted molar refractivity (Wildman–Crippen MR) is 107 cm³/mol. The quantitative estimate of drug-likeness (QED) is 0.656. The first-order valence-electron chi connectivity index (χ1n) is 8.64. The Morgan fingerprint density at radius 3 is 2.56 bits per heavy atom. The number of carbonyl (C=O) groups excluding carboxylic acids is 1. The van der Waals surface area contributed by atoms with Crippen LogP contribution in [0.5, 0.6) is 5.75 Å². The number of hydrogen-bond acceptors (Lipinski definition) is 3. The van der Waals surface area contributed by atoms with Gasteiger partial charge in [-0.2, -0.15) is 0 Å². The number of halogens is 1. The van der Waals surface area contributed by atoms with Crippen LogP contribution in [0.25, 0.3) is 0 Å². The monoisotopic (exact) mass is 450 g/mol. The van der Waals surface area contributed by atoms with Crippen LogP contribution in [0.3, 0.4) is 0 Å². The summed E-state index contributed by atoms with van der Waals surface area (Å²) in [5.41, 5.74) is 2.43. The van der Waals surface area contributed by atoms with Gasteiger partial charge in [-0.05, 0) is 83.9 Å². The molecular formula is C20H23IN2O2. The third-order valence-corrected chi connectivity index (χ3v) is 4.99. The Morgan fingerprint density at radius 2 is 1.80 bits per heavy atom. The van der Waals surface area contributed by atoms with Crippen molar-refractivity contribution in [3.05, 3.63) is 63.2 Å². The van der Waals surface area contributed by atoms with E-state index in [9.17, 15) is 4.79 Å². The molecule has 0 bridgehead atoms. The molecule has 0 unspecified atom stereocenters. The highest BCUT2D eigenvalue weighted by Crippen LogP contribution is 2.14. The fourth-order valence-corrected chi connectivity index (χ4v) is 3.33. The first-order chi connectivity index (χ1) is 12.2.